The van der Waals surface area contributed by atoms with E-state index in [0.717, 1.165) is 34.8 Å². The van der Waals surface area contributed by atoms with Gasteiger partial charge in [0.25, 0.3) is 0 Å². The predicted octanol–water partition coefficient (Wildman–Crippen LogP) is 3.51. The molecule has 0 radical (unpaired) electrons. The lowest BCUT2D eigenvalue weighted by Crippen LogP contribution is -2.10. The Balaban J connectivity index is 2.41. The fourth-order valence-electron chi connectivity index (χ4n) is 2.94. The lowest BCUT2D eigenvalue weighted by molar-refractivity contribution is 0.0996. The zero-order valence-corrected chi connectivity index (χ0v) is 12.7. The Morgan fingerprint density at radius 2 is 1.55 bits per heavy atom. The van der Waals surface area contributed by atoms with Crippen molar-refractivity contribution in [1.82, 2.24) is 4.57 Å². The van der Waals surface area contributed by atoms with E-state index in [-0.39, 0.29) is 5.78 Å². The van der Waals surface area contributed by atoms with Gasteiger partial charge in [0.1, 0.15) is 0 Å². The maximum Gasteiger partial charge on any atom is 0.248 e. The molecule has 4 heteroatoms. The molecule has 0 bridgehead atoms. The minimum atomic E-state index is -0.444. The fourth-order valence-corrected chi connectivity index (χ4v) is 2.94. The Hall–Kier alpha value is -2.62. The van der Waals surface area contributed by atoms with Gasteiger partial charge in [-0.25, -0.2) is 0 Å². The van der Waals surface area contributed by atoms with Gasteiger partial charge in [0.2, 0.25) is 5.91 Å². The van der Waals surface area contributed by atoms with Gasteiger partial charge in [0.05, 0.1) is 0 Å². The van der Waals surface area contributed by atoms with Crippen LogP contribution >= 0.6 is 0 Å². The van der Waals surface area contributed by atoms with Crippen LogP contribution in [0.15, 0.2) is 36.4 Å². The van der Waals surface area contributed by atoms with Gasteiger partial charge in [-0.3, -0.25) is 9.59 Å². The lowest BCUT2D eigenvalue weighted by Gasteiger charge is -2.05. The van der Waals surface area contributed by atoms with Crippen LogP contribution in [0.25, 0.3) is 21.8 Å². The smallest absolute Gasteiger partial charge is 0.248 e. The molecule has 0 atom stereocenters. The first kappa shape index (κ1) is 14.3. The van der Waals surface area contributed by atoms with Crippen LogP contribution in [0.5, 0.6) is 0 Å². The standard InChI is InChI=1S/C18H18N2O2/c1-3-8-20-16-6-4-12(11(2)21)9-14(16)15-10-13(18(19)22)5-7-17(15)20/h4-7,9-10H,3,8H2,1-2H3,(H2,19,22). The number of amides is 1. The van der Waals surface area contributed by atoms with E-state index in [4.69, 9.17) is 5.73 Å². The monoisotopic (exact) mass is 294 g/mol. The van der Waals surface area contributed by atoms with Crippen molar-refractivity contribution in [2.75, 3.05) is 0 Å². The van der Waals surface area contributed by atoms with Crippen molar-refractivity contribution in [1.29, 1.82) is 0 Å². The molecule has 112 valence electrons. The number of benzene rings is 2. The average molecular weight is 294 g/mol. The highest BCUT2D eigenvalue weighted by atomic mass is 16.1. The second kappa shape index (κ2) is 5.30. The van der Waals surface area contributed by atoms with Crippen molar-refractivity contribution in [3.05, 3.63) is 47.5 Å². The Morgan fingerprint density at radius 1 is 1.00 bits per heavy atom. The van der Waals surface area contributed by atoms with Crippen LogP contribution < -0.4 is 5.73 Å². The summed E-state index contributed by atoms with van der Waals surface area (Å²) in [5.74, 6) is -0.412. The lowest BCUT2D eigenvalue weighted by atomic mass is 10.1. The van der Waals surface area contributed by atoms with E-state index in [1.54, 1.807) is 13.0 Å². The molecule has 1 heterocycles. The molecule has 0 saturated carbocycles. The van der Waals surface area contributed by atoms with Crippen molar-refractivity contribution in [2.24, 2.45) is 5.73 Å². The number of carbonyl (C=O) groups excluding carboxylic acids is 2. The average Bonchev–Trinajstić information content (AvgIpc) is 2.81. The van der Waals surface area contributed by atoms with Crippen molar-refractivity contribution in [3.8, 4) is 0 Å². The summed E-state index contributed by atoms with van der Waals surface area (Å²) in [7, 11) is 0. The fraction of sp³-hybridized carbons (Fsp3) is 0.222. The number of hydrogen-bond acceptors (Lipinski definition) is 2. The minimum Gasteiger partial charge on any atom is -0.366 e. The first-order valence-corrected chi connectivity index (χ1v) is 7.39. The van der Waals surface area contributed by atoms with Crippen LogP contribution in [-0.4, -0.2) is 16.3 Å². The van der Waals surface area contributed by atoms with E-state index in [9.17, 15) is 9.59 Å². The second-order valence-corrected chi connectivity index (χ2v) is 5.54. The summed E-state index contributed by atoms with van der Waals surface area (Å²) in [6.07, 6.45) is 1.00. The first-order valence-electron chi connectivity index (χ1n) is 7.39. The first-order chi connectivity index (χ1) is 10.5. The highest BCUT2D eigenvalue weighted by molar-refractivity contribution is 6.12. The van der Waals surface area contributed by atoms with Gasteiger partial charge in [-0.1, -0.05) is 6.92 Å². The van der Waals surface area contributed by atoms with Gasteiger partial charge in [0, 0.05) is 39.5 Å². The van der Waals surface area contributed by atoms with E-state index in [1.165, 1.54) is 0 Å². The molecule has 3 rings (SSSR count). The number of carbonyl (C=O) groups is 2. The summed E-state index contributed by atoms with van der Waals surface area (Å²) in [5.41, 5.74) is 8.68. The quantitative estimate of drug-likeness (QED) is 0.748. The highest BCUT2D eigenvalue weighted by Gasteiger charge is 2.13. The number of Topliss-reactive ketones (excluding diaryl/α,β-unsaturated/α-hetero) is 1. The maximum absolute atomic E-state index is 11.7. The van der Waals surface area contributed by atoms with Crippen LogP contribution in [0, 0.1) is 0 Å². The summed E-state index contributed by atoms with van der Waals surface area (Å²) in [6.45, 7) is 4.57. The molecule has 0 aliphatic rings. The molecule has 2 N–H and O–H groups in total. The Labute approximate surface area is 128 Å². The van der Waals surface area contributed by atoms with Gasteiger partial charge >= 0.3 is 0 Å². The van der Waals surface area contributed by atoms with E-state index in [1.807, 2.05) is 30.3 Å². The molecular formula is C18H18N2O2. The number of nitrogens with zero attached hydrogens (tertiary/aromatic N) is 1. The van der Waals surface area contributed by atoms with E-state index >= 15 is 0 Å². The van der Waals surface area contributed by atoms with Crippen LogP contribution in [0.2, 0.25) is 0 Å². The summed E-state index contributed by atoms with van der Waals surface area (Å²) >= 11 is 0. The number of primary amides is 1. The second-order valence-electron chi connectivity index (χ2n) is 5.54. The molecule has 4 nitrogen and oxygen atoms in total. The van der Waals surface area contributed by atoms with E-state index < -0.39 is 5.91 Å². The van der Waals surface area contributed by atoms with Crippen LogP contribution in [0.4, 0.5) is 0 Å². The number of nitrogens with two attached hydrogens (primary N) is 1. The van der Waals surface area contributed by atoms with Crippen LogP contribution in [0.1, 0.15) is 41.0 Å². The van der Waals surface area contributed by atoms with Gasteiger partial charge < -0.3 is 10.3 Å². The summed E-state index contributed by atoms with van der Waals surface area (Å²) in [4.78, 5) is 23.1. The molecule has 0 saturated heterocycles. The minimum absolute atomic E-state index is 0.0318. The van der Waals surface area contributed by atoms with Gasteiger partial charge in [-0.05, 0) is 49.7 Å². The van der Waals surface area contributed by atoms with Crippen LogP contribution in [0.3, 0.4) is 0 Å². The molecule has 1 amide bonds. The third-order valence-electron chi connectivity index (χ3n) is 4.00. The number of fused-ring (bicyclic) bond motifs is 3. The molecule has 0 aliphatic carbocycles. The molecule has 3 aromatic rings. The number of aryl methyl sites for hydroxylation is 1. The zero-order valence-electron chi connectivity index (χ0n) is 12.7. The Bertz CT molecular complexity index is 835. The third-order valence-corrected chi connectivity index (χ3v) is 4.00. The summed E-state index contributed by atoms with van der Waals surface area (Å²) in [6, 6.07) is 11.2. The van der Waals surface area contributed by atoms with E-state index in [0.29, 0.717) is 11.1 Å². The van der Waals surface area contributed by atoms with Gasteiger partial charge in [-0.2, -0.15) is 0 Å². The Kier molecular flexibility index (Phi) is 3.45. The molecule has 2 aromatic carbocycles. The van der Waals surface area contributed by atoms with E-state index in [2.05, 4.69) is 11.5 Å². The molecule has 0 fully saturated rings. The molecular weight excluding hydrogens is 276 g/mol. The van der Waals surface area contributed by atoms with Crippen molar-refractivity contribution in [3.63, 3.8) is 0 Å². The molecule has 0 unspecified atom stereocenters. The zero-order chi connectivity index (χ0) is 15.9. The molecule has 1 aromatic heterocycles. The Morgan fingerprint density at radius 3 is 2.05 bits per heavy atom. The molecule has 0 spiro atoms. The molecule has 0 aliphatic heterocycles. The van der Waals surface area contributed by atoms with Crippen molar-refractivity contribution < 1.29 is 9.59 Å². The number of ketones is 1. The normalized spacial score (nSPS) is 11.2. The maximum atomic E-state index is 11.7. The largest absolute Gasteiger partial charge is 0.366 e. The highest BCUT2D eigenvalue weighted by Crippen LogP contribution is 2.31. The number of hydrogen-bond donors (Lipinski definition) is 1. The van der Waals surface area contributed by atoms with Gasteiger partial charge in [0.15, 0.2) is 5.78 Å². The van der Waals surface area contributed by atoms with Crippen molar-refractivity contribution >= 4 is 33.5 Å². The van der Waals surface area contributed by atoms with Gasteiger partial charge in [-0.15, -0.1) is 0 Å². The summed E-state index contributed by atoms with van der Waals surface area (Å²) < 4.78 is 2.22. The number of rotatable bonds is 4. The predicted molar refractivity (Wildman–Crippen MR) is 88.3 cm³/mol. The topological polar surface area (TPSA) is 65.1 Å². The molecule has 22 heavy (non-hydrogen) atoms. The third kappa shape index (κ3) is 2.17. The summed E-state index contributed by atoms with van der Waals surface area (Å²) in [5, 5.41) is 1.95. The number of aromatic nitrogens is 1. The SMILES string of the molecule is CCCn1c2ccc(C(C)=O)cc2c2cc(C(N)=O)ccc21. The van der Waals surface area contributed by atoms with Crippen LogP contribution in [-0.2, 0) is 6.54 Å². The van der Waals surface area contributed by atoms with Crippen molar-refractivity contribution in [2.45, 2.75) is 26.8 Å².